The number of benzene rings is 2. The third-order valence-corrected chi connectivity index (χ3v) is 6.28. The van der Waals surface area contributed by atoms with Crippen LogP contribution in [-0.4, -0.2) is 22.8 Å². The second kappa shape index (κ2) is 8.59. The number of aromatic hydroxyl groups is 1. The third-order valence-electron chi connectivity index (χ3n) is 4.53. The summed E-state index contributed by atoms with van der Waals surface area (Å²) in [6, 6.07) is 14.8. The molecule has 0 bridgehead atoms. The van der Waals surface area contributed by atoms with Crippen molar-refractivity contribution in [3.8, 4) is 5.88 Å². The average Bonchev–Trinajstić information content (AvgIpc) is 3.30. The molecule has 0 saturated heterocycles. The average molecular weight is 505 g/mol. The molecule has 30 heavy (non-hydrogen) atoms. The Hall–Kier alpha value is -2.68. The van der Waals surface area contributed by atoms with Crippen LogP contribution in [0.4, 0.5) is 11.4 Å². The van der Waals surface area contributed by atoms with Crippen LogP contribution in [-0.2, 0) is 11.3 Å². The molecule has 4 rings (SSSR count). The fourth-order valence-electron chi connectivity index (χ4n) is 3.08. The molecule has 0 spiro atoms. The number of nitrogens with zero attached hydrogens (tertiary/aromatic N) is 3. The van der Waals surface area contributed by atoms with Crippen LogP contribution in [0.5, 0.6) is 5.88 Å². The smallest absolute Gasteiger partial charge is 0.350 e. The second-order valence-corrected chi connectivity index (χ2v) is 8.58. The summed E-state index contributed by atoms with van der Waals surface area (Å²) in [5.41, 5.74) is 2.33. The van der Waals surface area contributed by atoms with Crippen molar-refractivity contribution >= 4 is 67.1 Å². The second-order valence-electron chi connectivity index (χ2n) is 6.34. The van der Waals surface area contributed by atoms with E-state index in [1.807, 2.05) is 42.5 Å². The van der Waals surface area contributed by atoms with Crippen LogP contribution in [0, 0.1) is 0 Å². The highest BCUT2D eigenvalue weighted by Crippen LogP contribution is 2.42. The standard InChI is InChI=1S/C21H15BrClN3O3S/c1-29-21(28)19-16(8-9-30-19)24-25-18-14-10-13(22)6-7-17(14)26(20(18)27)11-12-4-2-3-5-15(12)23/h2-10,27H,11H2,1H3. The van der Waals surface area contributed by atoms with Crippen molar-refractivity contribution in [3.63, 3.8) is 0 Å². The molecule has 0 unspecified atom stereocenters. The summed E-state index contributed by atoms with van der Waals surface area (Å²) in [7, 11) is 1.31. The van der Waals surface area contributed by atoms with Crippen LogP contribution >= 0.6 is 38.9 Å². The summed E-state index contributed by atoms with van der Waals surface area (Å²) in [6.07, 6.45) is 0. The topological polar surface area (TPSA) is 76.2 Å². The summed E-state index contributed by atoms with van der Waals surface area (Å²) in [5, 5.41) is 22.5. The van der Waals surface area contributed by atoms with E-state index in [4.69, 9.17) is 16.3 Å². The van der Waals surface area contributed by atoms with E-state index in [1.54, 1.807) is 16.0 Å². The number of carbonyl (C=O) groups excluding carboxylic acids is 1. The molecule has 152 valence electrons. The number of fused-ring (bicyclic) bond motifs is 1. The molecule has 2 aromatic carbocycles. The van der Waals surface area contributed by atoms with Crippen molar-refractivity contribution in [1.82, 2.24) is 4.57 Å². The molecular formula is C21H15BrClN3O3S. The van der Waals surface area contributed by atoms with E-state index in [2.05, 4.69) is 26.2 Å². The molecule has 0 aliphatic rings. The van der Waals surface area contributed by atoms with Crippen LogP contribution in [0.25, 0.3) is 10.9 Å². The van der Waals surface area contributed by atoms with Crippen LogP contribution in [0.15, 0.2) is 68.6 Å². The maximum absolute atomic E-state index is 11.9. The molecule has 0 radical (unpaired) electrons. The first kappa shape index (κ1) is 20.6. The normalized spacial score (nSPS) is 11.4. The minimum Gasteiger partial charge on any atom is -0.493 e. The molecule has 9 heteroatoms. The highest BCUT2D eigenvalue weighted by molar-refractivity contribution is 9.10. The van der Waals surface area contributed by atoms with E-state index < -0.39 is 5.97 Å². The molecule has 0 saturated carbocycles. The summed E-state index contributed by atoms with van der Waals surface area (Å²) in [4.78, 5) is 12.2. The number of azo groups is 1. The number of hydrogen-bond donors (Lipinski definition) is 1. The van der Waals surface area contributed by atoms with Crippen molar-refractivity contribution in [2.75, 3.05) is 7.11 Å². The lowest BCUT2D eigenvalue weighted by Gasteiger charge is -2.08. The van der Waals surface area contributed by atoms with Gasteiger partial charge in [0.05, 0.1) is 19.2 Å². The van der Waals surface area contributed by atoms with Gasteiger partial charge in [0.1, 0.15) is 10.6 Å². The van der Waals surface area contributed by atoms with Gasteiger partial charge >= 0.3 is 5.97 Å². The van der Waals surface area contributed by atoms with Crippen molar-refractivity contribution < 1.29 is 14.6 Å². The Morgan fingerprint density at radius 3 is 2.80 bits per heavy atom. The molecule has 4 aromatic rings. The molecule has 0 aliphatic heterocycles. The molecule has 2 heterocycles. The zero-order valence-electron chi connectivity index (χ0n) is 15.7. The van der Waals surface area contributed by atoms with E-state index in [0.29, 0.717) is 33.2 Å². The number of hydrogen-bond acceptors (Lipinski definition) is 6. The van der Waals surface area contributed by atoms with Gasteiger partial charge in [-0.1, -0.05) is 45.7 Å². The number of carbonyl (C=O) groups is 1. The number of halogens is 2. The molecular weight excluding hydrogens is 490 g/mol. The van der Waals surface area contributed by atoms with E-state index in [-0.39, 0.29) is 5.88 Å². The monoisotopic (exact) mass is 503 g/mol. The molecule has 0 atom stereocenters. The van der Waals surface area contributed by atoms with Crippen LogP contribution in [0.3, 0.4) is 0 Å². The van der Waals surface area contributed by atoms with E-state index in [1.165, 1.54) is 18.4 Å². The summed E-state index contributed by atoms with van der Waals surface area (Å²) >= 11 is 11.0. The van der Waals surface area contributed by atoms with Gasteiger partial charge in [-0.05, 0) is 41.3 Å². The largest absolute Gasteiger partial charge is 0.493 e. The van der Waals surface area contributed by atoms with Gasteiger partial charge in [-0.15, -0.1) is 21.6 Å². The molecule has 0 amide bonds. The summed E-state index contributed by atoms with van der Waals surface area (Å²) < 4.78 is 7.34. The minimum atomic E-state index is -0.480. The van der Waals surface area contributed by atoms with Gasteiger partial charge in [-0.3, -0.25) is 0 Å². The van der Waals surface area contributed by atoms with Gasteiger partial charge in [0.2, 0.25) is 5.88 Å². The highest BCUT2D eigenvalue weighted by atomic mass is 79.9. The highest BCUT2D eigenvalue weighted by Gasteiger charge is 2.19. The summed E-state index contributed by atoms with van der Waals surface area (Å²) in [5.74, 6) is -0.520. The zero-order chi connectivity index (χ0) is 21.3. The molecule has 1 N–H and O–H groups in total. The fourth-order valence-corrected chi connectivity index (χ4v) is 4.38. The number of esters is 1. The number of ether oxygens (including phenoxy) is 1. The Morgan fingerprint density at radius 1 is 1.23 bits per heavy atom. The van der Waals surface area contributed by atoms with Crippen molar-refractivity contribution in [2.45, 2.75) is 6.54 Å². The Bertz CT molecular complexity index is 1280. The molecule has 0 fully saturated rings. The lowest BCUT2D eigenvalue weighted by molar-refractivity contribution is 0.0607. The van der Waals surface area contributed by atoms with Crippen molar-refractivity contribution in [1.29, 1.82) is 0 Å². The Labute approximate surface area is 189 Å². The van der Waals surface area contributed by atoms with Crippen LogP contribution in [0.1, 0.15) is 15.2 Å². The quantitative estimate of drug-likeness (QED) is 0.233. The van der Waals surface area contributed by atoms with E-state index in [9.17, 15) is 9.90 Å². The Balaban J connectivity index is 1.82. The number of thiophene rings is 1. The molecule has 6 nitrogen and oxygen atoms in total. The van der Waals surface area contributed by atoms with Gasteiger partial charge in [0.25, 0.3) is 0 Å². The zero-order valence-corrected chi connectivity index (χ0v) is 18.8. The lowest BCUT2D eigenvalue weighted by Crippen LogP contribution is -1.99. The predicted molar refractivity (Wildman–Crippen MR) is 122 cm³/mol. The van der Waals surface area contributed by atoms with Crippen LogP contribution < -0.4 is 0 Å². The molecule has 2 aromatic heterocycles. The Kier molecular flexibility index (Phi) is 5.90. The first-order chi connectivity index (χ1) is 14.5. The third kappa shape index (κ3) is 3.86. The number of rotatable bonds is 5. The van der Waals surface area contributed by atoms with Crippen molar-refractivity contribution in [3.05, 3.63) is 73.8 Å². The van der Waals surface area contributed by atoms with E-state index in [0.717, 1.165) is 15.6 Å². The first-order valence-electron chi connectivity index (χ1n) is 8.81. The van der Waals surface area contributed by atoms with Gasteiger partial charge in [-0.25, -0.2) is 4.79 Å². The lowest BCUT2D eigenvalue weighted by atomic mass is 10.2. The van der Waals surface area contributed by atoms with Crippen LogP contribution in [0.2, 0.25) is 5.02 Å². The van der Waals surface area contributed by atoms with Crippen molar-refractivity contribution in [2.24, 2.45) is 10.2 Å². The van der Waals surface area contributed by atoms with Gasteiger partial charge in [0.15, 0.2) is 5.69 Å². The van der Waals surface area contributed by atoms with Gasteiger partial charge < -0.3 is 14.4 Å². The maximum Gasteiger partial charge on any atom is 0.350 e. The summed E-state index contributed by atoms with van der Waals surface area (Å²) in [6.45, 7) is 0.366. The fraction of sp³-hybridized carbons (Fsp3) is 0.0952. The minimum absolute atomic E-state index is 0.0402. The number of aromatic nitrogens is 1. The SMILES string of the molecule is COC(=O)c1sccc1N=Nc1c(O)n(Cc2ccccc2Cl)c2ccc(Br)cc12. The van der Waals surface area contributed by atoms with E-state index >= 15 is 0 Å². The molecule has 0 aliphatic carbocycles. The number of methoxy groups -OCH3 is 1. The van der Waals surface area contributed by atoms with Gasteiger partial charge in [0, 0.05) is 14.9 Å². The predicted octanol–water partition coefficient (Wildman–Crippen LogP) is 7.07. The maximum atomic E-state index is 11.9. The first-order valence-corrected chi connectivity index (χ1v) is 10.9. The Morgan fingerprint density at radius 2 is 2.03 bits per heavy atom. The van der Waals surface area contributed by atoms with Gasteiger partial charge in [-0.2, -0.15) is 0 Å².